The highest BCUT2D eigenvalue weighted by Gasteiger charge is 2.38. The molecule has 41 heavy (non-hydrogen) atoms. The Labute approximate surface area is 238 Å². The van der Waals surface area contributed by atoms with Crippen LogP contribution in [0.5, 0.6) is 0 Å². The summed E-state index contributed by atoms with van der Waals surface area (Å²) in [7, 11) is 1.87. The molecule has 2 aliphatic rings. The van der Waals surface area contributed by atoms with E-state index in [0.717, 1.165) is 43.8 Å². The van der Waals surface area contributed by atoms with Crippen LogP contribution in [0, 0.1) is 0 Å². The summed E-state index contributed by atoms with van der Waals surface area (Å²) < 4.78 is 38.5. The molecule has 2 aliphatic heterocycles. The molecule has 0 bridgehead atoms. The quantitative estimate of drug-likeness (QED) is 0.406. The van der Waals surface area contributed by atoms with Crippen molar-refractivity contribution in [1.82, 2.24) is 20.0 Å². The van der Waals surface area contributed by atoms with Crippen LogP contribution >= 0.6 is 0 Å². The van der Waals surface area contributed by atoms with Gasteiger partial charge in [-0.1, -0.05) is 54.6 Å². The first-order chi connectivity index (χ1) is 19.6. The van der Waals surface area contributed by atoms with Crippen molar-refractivity contribution in [2.24, 2.45) is 0 Å². The van der Waals surface area contributed by atoms with Gasteiger partial charge in [-0.15, -0.1) is 0 Å². The van der Waals surface area contributed by atoms with Crippen molar-refractivity contribution in [3.8, 4) is 11.1 Å². The Morgan fingerprint density at radius 1 is 0.902 bits per heavy atom. The molecule has 3 atom stereocenters. The third kappa shape index (κ3) is 6.56. The molecule has 0 radical (unpaired) electrons. The van der Waals surface area contributed by atoms with Crippen LogP contribution in [-0.4, -0.2) is 71.4 Å². The number of likely N-dealkylation sites (tertiary alicyclic amines) is 2. The molecule has 3 unspecified atom stereocenters. The van der Waals surface area contributed by atoms with Gasteiger partial charge in [0.1, 0.15) is 0 Å². The number of rotatable bonds is 6. The van der Waals surface area contributed by atoms with Gasteiger partial charge in [0.2, 0.25) is 0 Å². The number of nitrogens with one attached hydrogen (secondary N) is 1. The average molecular weight is 565 g/mol. The standard InChI is InChI=1S/C32H35F3N4O2/c1-22-29(36-30(40)26-10-8-24(9-11-26)25-12-14-27(15-13-25)32(33,34)35)17-19-39(22)31(41)37(2)28-16-18-38(21-28)20-23-6-4-3-5-7-23/h3-15,22,28-29H,16-21H2,1-2H3,(H,36,40). The largest absolute Gasteiger partial charge is 0.416 e. The predicted molar refractivity (Wildman–Crippen MR) is 152 cm³/mol. The van der Waals surface area contributed by atoms with Crippen molar-refractivity contribution >= 4 is 11.9 Å². The van der Waals surface area contributed by atoms with E-state index in [0.29, 0.717) is 24.1 Å². The third-order valence-corrected chi connectivity index (χ3v) is 8.36. The van der Waals surface area contributed by atoms with Gasteiger partial charge in [-0.2, -0.15) is 13.2 Å². The SMILES string of the molecule is CC1C(NC(=O)c2ccc(-c3ccc(C(F)(F)F)cc3)cc2)CCN1C(=O)N(C)C1CCN(Cc2ccccc2)C1. The number of carbonyl (C=O) groups excluding carboxylic acids is 2. The lowest BCUT2D eigenvalue weighted by molar-refractivity contribution is -0.137. The molecule has 6 nitrogen and oxygen atoms in total. The molecule has 3 aromatic carbocycles. The van der Waals surface area contributed by atoms with Crippen molar-refractivity contribution in [3.63, 3.8) is 0 Å². The second kappa shape index (κ2) is 11.9. The lowest BCUT2D eigenvalue weighted by Crippen LogP contribution is -2.51. The Morgan fingerprint density at radius 3 is 2.17 bits per heavy atom. The lowest BCUT2D eigenvalue weighted by Gasteiger charge is -2.33. The fourth-order valence-electron chi connectivity index (χ4n) is 5.79. The Bertz CT molecular complexity index is 1350. The molecule has 3 amide bonds. The minimum absolute atomic E-state index is 0.0123. The number of halogens is 3. The number of likely N-dealkylation sites (N-methyl/N-ethyl adjacent to an activating group) is 1. The Morgan fingerprint density at radius 2 is 1.54 bits per heavy atom. The van der Waals surface area contributed by atoms with E-state index in [-0.39, 0.29) is 30.1 Å². The summed E-state index contributed by atoms with van der Waals surface area (Å²) in [6.07, 6.45) is -2.78. The van der Waals surface area contributed by atoms with Gasteiger partial charge in [-0.3, -0.25) is 9.69 Å². The molecular weight excluding hydrogens is 529 g/mol. The first kappa shape index (κ1) is 28.7. The summed E-state index contributed by atoms with van der Waals surface area (Å²) in [5.74, 6) is -0.240. The molecule has 0 aromatic heterocycles. The molecule has 3 aromatic rings. The summed E-state index contributed by atoms with van der Waals surface area (Å²) >= 11 is 0. The van der Waals surface area contributed by atoms with E-state index in [1.165, 1.54) is 17.7 Å². The van der Waals surface area contributed by atoms with E-state index >= 15 is 0 Å². The minimum Gasteiger partial charge on any atom is -0.347 e. The zero-order valence-electron chi connectivity index (χ0n) is 23.3. The van der Waals surface area contributed by atoms with Gasteiger partial charge in [0.15, 0.2) is 0 Å². The van der Waals surface area contributed by atoms with E-state index in [1.807, 2.05) is 42.0 Å². The normalized spacial score (nSPS) is 21.2. The van der Waals surface area contributed by atoms with Gasteiger partial charge < -0.3 is 15.1 Å². The molecule has 216 valence electrons. The van der Waals surface area contributed by atoms with Crippen molar-refractivity contribution in [2.45, 2.75) is 50.6 Å². The first-order valence-electron chi connectivity index (χ1n) is 14.0. The zero-order chi connectivity index (χ0) is 29.1. The van der Waals surface area contributed by atoms with Crippen LogP contribution in [0.1, 0.15) is 41.3 Å². The highest BCUT2D eigenvalue weighted by Crippen LogP contribution is 2.31. The van der Waals surface area contributed by atoms with Crippen molar-refractivity contribution in [1.29, 1.82) is 0 Å². The van der Waals surface area contributed by atoms with E-state index in [4.69, 9.17) is 0 Å². The van der Waals surface area contributed by atoms with Gasteiger partial charge >= 0.3 is 12.2 Å². The van der Waals surface area contributed by atoms with Crippen LogP contribution in [0.15, 0.2) is 78.9 Å². The maximum absolute atomic E-state index is 13.4. The van der Waals surface area contributed by atoms with E-state index in [1.54, 1.807) is 24.3 Å². The number of hydrogen-bond donors (Lipinski definition) is 1. The van der Waals surface area contributed by atoms with Gasteiger partial charge in [-0.25, -0.2) is 4.79 Å². The number of nitrogens with zero attached hydrogens (tertiary/aromatic N) is 3. The Balaban J connectivity index is 1.14. The van der Waals surface area contributed by atoms with Crippen molar-refractivity contribution in [3.05, 3.63) is 95.6 Å². The van der Waals surface area contributed by atoms with Crippen molar-refractivity contribution < 1.29 is 22.8 Å². The maximum Gasteiger partial charge on any atom is 0.416 e. The number of urea groups is 1. The van der Waals surface area contributed by atoms with Gasteiger partial charge in [-0.05, 0) is 60.7 Å². The number of benzene rings is 3. The molecule has 1 N–H and O–H groups in total. The maximum atomic E-state index is 13.4. The summed E-state index contributed by atoms with van der Waals surface area (Å²) in [5, 5.41) is 3.07. The van der Waals surface area contributed by atoms with Crippen LogP contribution in [0.4, 0.5) is 18.0 Å². The Kier molecular flexibility index (Phi) is 8.35. The van der Waals surface area contributed by atoms with E-state index < -0.39 is 11.7 Å². The number of hydrogen-bond acceptors (Lipinski definition) is 3. The van der Waals surface area contributed by atoms with Crippen LogP contribution < -0.4 is 5.32 Å². The average Bonchev–Trinajstić information content (AvgIpc) is 3.59. The molecule has 2 heterocycles. The number of amides is 3. The summed E-state index contributed by atoms with van der Waals surface area (Å²) in [4.78, 5) is 32.5. The molecule has 5 rings (SSSR count). The molecule has 0 spiro atoms. The van der Waals surface area contributed by atoms with E-state index in [9.17, 15) is 22.8 Å². The molecule has 2 saturated heterocycles. The molecular formula is C32H35F3N4O2. The molecule has 0 saturated carbocycles. The molecule has 0 aliphatic carbocycles. The number of alkyl halides is 3. The summed E-state index contributed by atoms with van der Waals surface area (Å²) in [5.41, 5.74) is 2.38. The lowest BCUT2D eigenvalue weighted by atomic mass is 10.0. The third-order valence-electron chi connectivity index (χ3n) is 8.36. The monoisotopic (exact) mass is 564 g/mol. The Hall–Kier alpha value is -3.85. The highest BCUT2D eigenvalue weighted by molar-refractivity contribution is 5.95. The second-order valence-corrected chi connectivity index (χ2v) is 11.0. The molecule has 2 fully saturated rings. The van der Waals surface area contributed by atoms with Crippen LogP contribution in [0.25, 0.3) is 11.1 Å². The fraction of sp³-hybridized carbons (Fsp3) is 0.375. The summed E-state index contributed by atoms with van der Waals surface area (Å²) in [6.45, 7) is 5.19. The summed E-state index contributed by atoms with van der Waals surface area (Å²) in [6, 6.07) is 21.9. The molecule has 9 heteroatoms. The van der Waals surface area contributed by atoms with Gasteiger partial charge in [0, 0.05) is 44.8 Å². The van der Waals surface area contributed by atoms with Crippen molar-refractivity contribution in [2.75, 3.05) is 26.7 Å². The van der Waals surface area contributed by atoms with E-state index in [2.05, 4.69) is 22.3 Å². The fourth-order valence-corrected chi connectivity index (χ4v) is 5.79. The zero-order valence-corrected chi connectivity index (χ0v) is 23.3. The van der Waals surface area contributed by atoms with Crippen LogP contribution in [0.2, 0.25) is 0 Å². The van der Waals surface area contributed by atoms with Gasteiger partial charge in [0.25, 0.3) is 5.91 Å². The van der Waals surface area contributed by atoms with Gasteiger partial charge in [0.05, 0.1) is 17.6 Å². The predicted octanol–water partition coefficient (Wildman–Crippen LogP) is 5.89. The highest BCUT2D eigenvalue weighted by atomic mass is 19.4. The smallest absolute Gasteiger partial charge is 0.347 e. The second-order valence-electron chi connectivity index (χ2n) is 11.0. The number of carbonyl (C=O) groups is 2. The van der Waals surface area contributed by atoms with Crippen LogP contribution in [0.3, 0.4) is 0 Å². The minimum atomic E-state index is -4.38. The first-order valence-corrected chi connectivity index (χ1v) is 14.0. The topological polar surface area (TPSA) is 55.9 Å². The van der Waals surface area contributed by atoms with Crippen LogP contribution in [-0.2, 0) is 12.7 Å².